The van der Waals surface area contributed by atoms with Crippen LogP contribution < -0.4 is 15.9 Å². The molecule has 1 saturated heterocycles. The zero-order chi connectivity index (χ0) is 24.5. The molecule has 0 spiro atoms. The Labute approximate surface area is 214 Å². The van der Waals surface area contributed by atoms with Crippen molar-refractivity contribution in [3.05, 3.63) is 91.3 Å². The minimum absolute atomic E-state index is 0.0716. The molecular weight excluding hydrogens is 485 g/mol. The Balaban J connectivity index is 1.47. The SMILES string of the molecule is C[C@H](Nc1nc2c(c(=O)n1N1CCCC1)CN(C(=O)c1ccc(Cl)cc1)CC2)c1ccc(Cl)cc1. The Kier molecular flexibility index (Phi) is 6.71. The summed E-state index contributed by atoms with van der Waals surface area (Å²) < 4.78 is 1.68. The van der Waals surface area contributed by atoms with Gasteiger partial charge in [-0.3, -0.25) is 9.59 Å². The summed E-state index contributed by atoms with van der Waals surface area (Å²) in [6.45, 7) is 4.36. The highest BCUT2D eigenvalue weighted by molar-refractivity contribution is 6.30. The summed E-state index contributed by atoms with van der Waals surface area (Å²) in [7, 11) is 0. The smallest absolute Gasteiger partial charge is 0.279 e. The maximum atomic E-state index is 13.8. The Bertz CT molecular complexity index is 1280. The van der Waals surface area contributed by atoms with Crippen molar-refractivity contribution < 1.29 is 4.79 Å². The van der Waals surface area contributed by atoms with Crippen LogP contribution in [0.3, 0.4) is 0 Å². The molecule has 35 heavy (non-hydrogen) atoms. The zero-order valence-corrected chi connectivity index (χ0v) is 21.0. The molecule has 0 unspecified atom stereocenters. The van der Waals surface area contributed by atoms with Crippen LogP contribution in [0.2, 0.25) is 10.0 Å². The van der Waals surface area contributed by atoms with Gasteiger partial charge in [-0.05, 0) is 61.7 Å². The molecule has 1 N–H and O–H groups in total. The van der Waals surface area contributed by atoms with Crippen LogP contribution in [0.4, 0.5) is 5.95 Å². The van der Waals surface area contributed by atoms with Crippen LogP contribution in [0.15, 0.2) is 53.3 Å². The van der Waals surface area contributed by atoms with Gasteiger partial charge in [0, 0.05) is 41.7 Å². The lowest BCUT2D eigenvalue weighted by Gasteiger charge is -2.31. The first-order valence-electron chi connectivity index (χ1n) is 11.9. The molecule has 3 aromatic rings. The second-order valence-electron chi connectivity index (χ2n) is 9.04. The van der Waals surface area contributed by atoms with Crippen molar-refractivity contribution >= 4 is 35.1 Å². The standard InChI is InChI=1S/C26H27Cl2N5O2/c1-17(18-4-8-20(27)9-5-18)29-26-30-23-12-15-31(24(34)19-6-10-21(28)11-7-19)16-22(23)25(35)33(26)32-13-2-3-14-32/h4-11,17H,2-3,12-16H2,1H3,(H,29,30)/t17-/m0/s1. The van der Waals surface area contributed by atoms with Gasteiger partial charge in [0.05, 0.1) is 23.8 Å². The summed E-state index contributed by atoms with van der Waals surface area (Å²) >= 11 is 12.0. The molecule has 1 atom stereocenters. The van der Waals surface area contributed by atoms with Crippen LogP contribution in [0.5, 0.6) is 0 Å². The summed E-state index contributed by atoms with van der Waals surface area (Å²) in [6, 6.07) is 14.4. The summed E-state index contributed by atoms with van der Waals surface area (Å²) in [4.78, 5) is 33.5. The molecule has 1 aromatic heterocycles. The molecule has 3 heterocycles. The van der Waals surface area contributed by atoms with Crippen molar-refractivity contribution in [2.45, 2.75) is 38.8 Å². The van der Waals surface area contributed by atoms with E-state index < -0.39 is 0 Å². The van der Waals surface area contributed by atoms with E-state index in [1.807, 2.05) is 36.2 Å². The van der Waals surface area contributed by atoms with Gasteiger partial charge >= 0.3 is 0 Å². The number of rotatable bonds is 5. The third-order valence-electron chi connectivity index (χ3n) is 6.67. The van der Waals surface area contributed by atoms with Crippen molar-refractivity contribution in [3.8, 4) is 0 Å². The minimum Gasteiger partial charge on any atom is -0.348 e. The Hall–Kier alpha value is -3.03. The maximum absolute atomic E-state index is 13.8. The largest absolute Gasteiger partial charge is 0.348 e. The number of hydrogen-bond acceptors (Lipinski definition) is 5. The molecule has 7 nitrogen and oxygen atoms in total. The topological polar surface area (TPSA) is 70.5 Å². The molecule has 0 bridgehead atoms. The van der Waals surface area contributed by atoms with Crippen LogP contribution in [0.1, 0.15) is 53.0 Å². The second kappa shape index (κ2) is 9.91. The average Bonchev–Trinajstić information content (AvgIpc) is 3.39. The highest BCUT2D eigenvalue weighted by Gasteiger charge is 2.29. The number of nitrogens with zero attached hydrogens (tertiary/aromatic N) is 4. The first-order chi connectivity index (χ1) is 16.9. The van der Waals surface area contributed by atoms with Gasteiger partial charge in [0.1, 0.15) is 0 Å². The number of anilines is 1. The number of halogens is 2. The van der Waals surface area contributed by atoms with Crippen LogP contribution in [-0.4, -0.2) is 40.1 Å². The van der Waals surface area contributed by atoms with E-state index in [-0.39, 0.29) is 24.1 Å². The van der Waals surface area contributed by atoms with E-state index in [0.29, 0.717) is 40.1 Å². The zero-order valence-electron chi connectivity index (χ0n) is 19.5. The van der Waals surface area contributed by atoms with Crippen molar-refractivity contribution in [2.24, 2.45) is 0 Å². The highest BCUT2D eigenvalue weighted by Crippen LogP contribution is 2.24. The number of aromatic nitrogens is 2. The fourth-order valence-electron chi connectivity index (χ4n) is 4.70. The van der Waals surface area contributed by atoms with E-state index >= 15 is 0 Å². The predicted molar refractivity (Wildman–Crippen MR) is 139 cm³/mol. The molecule has 1 fully saturated rings. The molecular formula is C26H27Cl2N5O2. The summed E-state index contributed by atoms with van der Waals surface area (Å²) in [5.74, 6) is 0.425. The van der Waals surface area contributed by atoms with Crippen LogP contribution in [0.25, 0.3) is 0 Å². The third-order valence-corrected chi connectivity index (χ3v) is 7.17. The van der Waals surface area contributed by atoms with E-state index in [2.05, 4.69) is 5.32 Å². The van der Waals surface area contributed by atoms with Crippen LogP contribution >= 0.6 is 23.2 Å². The van der Waals surface area contributed by atoms with Gasteiger partial charge in [0.15, 0.2) is 0 Å². The van der Waals surface area contributed by atoms with Crippen molar-refractivity contribution in [2.75, 3.05) is 30.0 Å². The number of carbonyl (C=O) groups excluding carboxylic acids is 1. The fourth-order valence-corrected chi connectivity index (χ4v) is 4.95. The van der Waals surface area contributed by atoms with E-state index in [1.54, 1.807) is 33.8 Å². The van der Waals surface area contributed by atoms with Gasteiger partial charge < -0.3 is 15.2 Å². The molecule has 1 amide bonds. The summed E-state index contributed by atoms with van der Waals surface area (Å²) in [5, 5.41) is 6.76. The van der Waals surface area contributed by atoms with Crippen LogP contribution in [-0.2, 0) is 13.0 Å². The van der Waals surface area contributed by atoms with Gasteiger partial charge in [0.25, 0.3) is 11.5 Å². The average molecular weight is 512 g/mol. The molecule has 9 heteroatoms. The minimum atomic E-state index is -0.115. The summed E-state index contributed by atoms with van der Waals surface area (Å²) in [6.07, 6.45) is 2.57. The van der Waals surface area contributed by atoms with Crippen molar-refractivity contribution in [1.82, 2.24) is 14.6 Å². The quantitative estimate of drug-likeness (QED) is 0.539. The second-order valence-corrected chi connectivity index (χ2v) is 9.91. The van der Waals surface area contributed by atoms with E-state index in [4.69, 9.17) is 28.2 Å². The van der Waals surface area contributed by atoms with Crippen molar-refractivity contribution in [1.29, 1.82) is 0 Å². The number of nitrogens with one attached hydrogen (secondary N) is 1. The lowest BCUT2D eigenvalue weighted by molar-refractivity contribution is 0.0732. The van der Waals surface area contributed by atoms with Gasteiger partial charge in [0.2, 0.25) is 5.95 Å². The number of fused-ring (bicyclic) bond motifs is 1. The molecule has 2 aliphatic heterocycles. The molecule has 2 aromatic carbocycles. The Morgan fingerprint density at radius 3 is 2.26 bits per heavy atom. The van der Waals surface area contributed by atoms with Gasteiger partial charge in [-0.1, -0.05) is 35.3 Å². The van der Waals surface area contributed by atoms with E-state index in [0.717, 1.165) is 37.2 Å². The van der Waals surface area contributed by atoms with Gasteiger partial charge in [-0.15, -0.1) is 0 Å². The molecule has 2 aliphatic rings. The molecule has 0 radical (unpaired) electrons. The molecule has 0 aliphatic carbocycles. The predicted octanol–water partition coefficient (Wildman–Crippen LogP) is 4.65. The van der Waals surface area contributed by atoms with Gasteiger partial charge in [-0.25, -0.2) is 4.98 Å². The number of carbonyl (C=O) groups is 1. The molecule has 5 rings (SSSR count). The fraction of sp³-hybridized carbons (Fsp3) is 0.346. The van der Waals surface area contributed by atoms with Crippen molar-refractivity contribution in [3.63, 3.8) is 0 Å². The lowest BCUT2D eigenvalue weighted by Crippen LogP contribution is -2.47. The normalized spacial score (nSPS) is 16.2. The lowest BCUT2D eigenvalue weighted by atomic mass is 10.1. The summed E-state index contributed by atoms with van der Waals surface area (Å²) in [5.41, 5.74) is 2.82. The Morgan fingerprint density at radius 2 is 1.60 bits per heavy atom. The molecule has 182 valence electrons. The molecule has 0 saturated carbocycles. The number of amides is 1. The van der Waals surface area contributed by atoms with Gasteiger partial charge in [-0.2, -0.15) is 4.68 Å². The first kappa shape index (κ1) is 23.7. The Morgan fingerprint density at radius 1 is 0.971 bits per heavy atom. The van der Waals surface area contributed by atoms with E-state index in [9.17, 15) is 9.59 Å². The number of hydrogen-bond donors (Lipinski definition) is 1. The van der Waals surface area contributed by atoms with E-state index in [1.165, 1.54) is 0 Å². The maximum Gasteiger partial charge on any atom is 0.279 e. The highest BCUT2D eigenvalue weighted by atomic mass is 35.5. The monoisotopic (exact) mass is 511 g/mol. The number of benzene rings is 2. The van der Waals surface area contributed by atoms with Crippen LogP contribution in [0, 0.1) is 0 Å². The first-order valence-corrected chi connectivity index (χ1v) is 12.6. The third kappa shape index (κ3) is 4.88.